The molecule has 0 saturated carbocycles. The first-order chi connectivity index (χ1) is 7.88. The number of hydrogen-bond donors (Lipinski definition) is 1. The van der Waals surface area contributed by atoms with E-state index in [2.05, 4.69) is 15.1 Å². The lowest BCUT2D eigenvalue weighted by Crippen LogP contribution is -1.96. The summed E-state index contributed by atoms with van der Waals surface area (Å²) in [6.45, 7) is 0. The largest absolute Gasteiger partial charge is 0.346 e. The molecule has 0 aliphatic rings. The zero-order valence-electron chi connectivity index (χ0n) is 8.25. The Kier molecular flexibility index (Phi) is 1.74. The summed E-state index contributed by atoms with van der Waals surface area (Å²) in [7, 11) is 0. The van der Waals surface area contributed by atoms with E-state index in [1.54, 1.807) is 23.1 Å². The number of pyridine rings is 1. The maximum atomic E-state index is 8.73. The first-order valence-corrected chi connectivity index (χ1v) is 4.77. The smallest absolute Gasteiger partial charge is 0.162 e. The molecular weight excluding hydrogens is 202 g/mol. The molecule has 0 amide bonds. The van der Waals surface area contributed by atoms with Gasteiger partial charge in [-0.05, 0) is 18.2 Å². The topological polar surface area (TPSA) is 70.3 Å². The monoisotopic (exact) mass is 209 g/mol. The summed E-state index contributed by atoms with van der Waals surface area (Å²) in [5.41, 5.74) is 2.12. The number of aromatic amines is 1. The summed E-state index contributed by atoms with van der Waals surface area (Å²) in [6.07, 6.45) is 5.30. The number of nitrogens with zero attached hydrogens (tertiary/aromatic N) is 4. The van der Waals surface area contributed by atoms with Crippen molar-refractivity contribution >= 4 is 11.0 Å². The van der Waals surface area contributed by atoms with E-state index in [1.165, 1.54) is 0 Å². The van der Waals surface area contributed by atoms with Crippen LogP contribution < -0.4 is 0 Å². The minimum Gasteiger partial charge on any atom is -0.346 e. The lowest BCUT2D eigenvalue weighted by molar-refractivity contribution is 0.879. The minimum atomic E-state index is 0.403. The maximum Gasteiger partial charge on any atom is 0.162 e. The van der Waals surface area contributed by atoms with Crippen LogP contribution in [-0.4, -0.2) is 19.7 Å². The fraction of sp³-hybridized carbons (Fsp3) is 0. The van der Waals surface area contributed by atoms with Crippen molar-refractivity contribution in [2.45, 2.75) is 0 Å². The van der Waals surface area contributed by atoms with Gasteiger partial charge in [-0.15, -0.1) is 0 Å². The minimum absolute atomic E-state index is 0.403. The van der Waals surface area contributed by atoms with Crippen molar-refractivity contribution in [2.24, 2.45) is 0 Å². The lowest BCUT2D eigenvalue weighted by atomic mass is 10.3. The van der Waals surface area contributed by atoms with Crippen molar-refractivity contribution in [3.05, 3.63) is 42.5 Å². The van der Waals surface area contributed by atoms with Gasteiger partial charge in [0, 0.05) is 24.0 Å². The molecule has 1 N–H and O–H groups in total. The van der Waals surface area contributed by atoms with Crippen LogP contribution in [0.1, 0.15) is 5.69 Å². The van der Waals surface area contributed by atoms with Crippen molar-refractivity contribution < 1.29 is 0 Å². The second-order valence-electron chi connectivity index (χ2n) is 3.33. The molecule has 0 fully saturated rings. The van der Waals surface area contributed by atoms with Crippen LogP contribution in [0.4, 0.5) is 0 Å². The number of nitrogens with one attached hydrogen (secondary N) is 1. The predicted molar refractivity (Wildman–Crippen MR) is 57.9 cm³/mol. The second-order valence-corrected chi connectivity index (χ2v) is 3.33. The first-order valence-electron chi connectivity index (χ1n) is 4.77. The van der Waals surface area contributed by atoms with E-state index in [0.29, 0.717) is 5.69 Å². The van der Waals surface area contributed by atoms with E-state index in [4.69, 9.17) is 5.26 Å². The zero-order valence-corrected chi connectivity index (χ0v) is 8.25. The molecule has 0 saturated heterocycles. The Labute approximate surface area is 91.0 Å². The van der Waals surface area contributed by atoms with E-state index < -0.39 is 0 Å². The molecule has 0 aliphatic heterocycles. The molecule has 0 radical (unpaired) electrons. The number of nitriles is 1. The van der Waals surface area contributed by atoms with E-state index in [-0.39, 0.29) is 0 Å². The summed E-state index contributed by atoms with van der Waals surface area (Å²) >= 11 is 0. The third-order valence-corrected chi connectivity index (χ3v) is 2.39. The zero-order chi connectivity index (χ0) is 11.0. The Hall–Kier alpha value is -2.61. The number of rotatable bonds is 1. The van der Waals surface area contributed by atoms with Crippen molar-refractivity contribution in [1.82, 2.24) is 19.7 Å². The van der Waals surface area contributed by atoms with Gasteiger partial charge < -0.3 is 4.98 Å². The Bertz CT molecular complexity index is 686. The second kappa shape index (κ2) is 3.21. The summed E-state index contributed by atoms with van der Waals surface area (Å²) in [5.74, 6) is 0. The predicted octanol–water partition coefficient (Wildman–Crippen LogP) is 1.62. The molecule has 0 bridgehead atoms. The van der Waals surface area contributed by atoms with Crippen molar-refractivity contribution in [2.75, 3.05) is 0 Å². The van der Waals surface area contributed by atoms with Gasteiger partial charge in [-0.3, -0.25) is 0 Å². The molecule has 3 rings (SSSR count). The molecular formula is C11H7N5. The van der Waals surface area contributed by atoms with Crippen LogP contribution in [0.3, 0.4) is 0 Å². The average Bonchev–Trinajstić information content (AvgIpc) is 2.97. The van der Waals surface area contributed by atoms with Crippen LogP contribution in [0, 0.1) is 11.3 Å². The third kappa shape index (κ3) is 1.17. The summed E-state index contributed by atoms with van der Waals surface area (Å²) in [4.78, 5) is 7.23. The van der Waals surface area contributed by atoms with Gasteiger partial charge in [-0.1, -0.05) is 0 Å². The molecule has 5 heteroatoms. The Morgan fingerprint density at radius 1 is 1.31 bits per heavy atom. The fourth-order valence-electron chi connectivity index (χ4n) is 1.66. The van der Waals surface area contributed by atoms with Gasteiger partial charge in [0.25, 0.3) is 0 Å². The summed E-state index contributed by atoms with van der Waals surface area (Å²) in [5, 5.41) is 13.9. The quantitative estimate of drug-likeness (QED) is 0.662. The highest BCUT2D eigenvalue weighted by atomic mass is 15.3. The summed E-state index contributed by atoms with van der Waals surface area (Å²) < 4.78 is 1.68. The van der Waals surface area contributed by atoms with Gasteiger partial charge >= 0.3 is 0 Å². The van der Waals surface area contributed by atoms with E-state index in [9.17, 15) is 0 Å². The van der Waals surface area contributed by atoms with Crippen molar-refractivity contribution in [1.29, 1.82) is 5.26 Å². The standard InChI is InChI=1S/C11H7N5/c12-7-8-3-6-16(15-8)10-2-5-14-11-9(10)1-4-13-11/h1-6H,(H,13,14). The molecule has 16 heavy (non-hydrogen) atoms. The highest BCUT2D eigenvalue weighted by molar-refractivity contribution is 5.84. The third-order valence-electron chi connectivity index (χ3n) is 2.39. The molecule has 0 aliphatic carbocycles. The van der Waals surface area contributed by atoms with Crippen LogP contribution >= 0.6 is 0 Å². The highest BCUT2D eigenvalue weighted by Gasteiger charge is 2.06. The van der Waals surface area contributed by atoms with E-state index in [0.717, 1.165) is 16.7 Å². The van der Waals surface area contributed by atoms with Crippen LogP contribution in [0.15, 0.2) is 36.8 Å². The van der Waals surface area contributed by atoms with Gasteiger partial charge in [0.05, 0.1) is 5.69 Å². The van der Waals surface area contributed by atoms with Gasteiger partial charge in [-0.25, -0.2) is 9.67 Å². The van der Waals surface area contributed by atoms with E-state index in [1.807, 2.05) is 24.4 Å². The Morgan fingerprint density at radius 3 is 3.06 bits per heavy atom. The van der Waals surface area contributed by atoms with Crippen molar-refractivity contribution in [3.8, 4) is 11.8 Å². The SMILES string of the molecule is N#Cc1ccn(-c2ccnc3[nH]ccc23)n1. The Morgan fingerprint density at radius 2 is 2.25 bits per heavy atom. The molecule has 0 spiro atoms. The molecule has 76 valence electrons. The number of H-pyrrole nitrogens is 1. The molecule has 0 unspecified atom stereocenters. The summed E-state index contributed by atoms with van der Waals surface area (Å²) in [6, 6.07) is 7.48. The molecule has 3 heterocycles. The molecule has 0 aromatic carbocycles. The van der Waals surface area contributed by atoms with Crippen LogP contribution in [0.25, 0.3) is 16.7 Å². The Balaban J connectivity index is 2.26. The fourth-order valence-corrected chi connectivity index (χ4v) is 1.66. The number of aromatic nitrogens is 4. The van der Waals surface area contributed by atoms with Crippen LogP contribution in [-0.2, 0) is 0 Å². The molecule has 3 aromatic rings. The molecule has 0 atom stereocenters. The maximum absolute atomic E-state index is 8.73. The first kappa shape index (κ1) is 8.68. The van der Waals surface area contributed by atoms with Gasteiger partial charge in [0.1, 0.15) is 11.7 Å². The lowest BCUT2D eigenvalue weighted by Gasteiger charge is -2.01. The van der Waals surface area contributed by atoms with Crippen LogP contribution in [0.5, 0.6) is 0 Å². The van der Waals surface area contributed by atoms with Crippen LogP contribution in [0.2, 0.25) is 0 Å². The molecule has 5 nitrogen and oxygen atoms in total. The van der Waals surface area contributed by atoms with E-state index >= 15 is 0 Å². The highest BCUT2D eigenvalue weighted by Crippen LogP contribution is 2.18. The van der Waals surface area contributed by atoms with Gasteiger partial charge in [0.15, 0.2) is 5.69 Å². The number of hydrogen-bond acceptors (Lipinski definition) is 3. The molecule has 3 aromatic heterocycles. The normalized spacial score (nSPS) is 10.4. The van der Waals surface area contributed by atoms with Gasteiger partial charge in [0.2, 0.25) is 0 Å². The average molecular weight is 209 g/mol. The number of fused-ring (bicyclic) bond motifs is 1. The van der Waals surface area contributed by atoms with Gasteiger partial charge in [-0.2, -0.15) is 10.4 Å². The van der Waals surface area contributed by atoms with Crippen molar-refractivity contribution in [3.63, 3.8) is 0 Å².